The van der Waals surface area contributed by atoms with Crippen LogP contribution in [0.4, 0.5) is 5.69 Å². The summed E-state index contributed by atoms with van der Waals surface area (Å²) in [5.74, 6) is -0.0327. The van der Waals surface area contributed by atoms with E-state index in [0.717, 1.165) is 59.7 Å². The molecule has 9 heteroatoms. The maximum atomic E-state index is 12.4. The smallest absolute Gasteiger partial charge is 0.330 e. The topological polar surface area (TPSA) is 85.7 Å². The molecule has 0 atom stereocenters. The number of carbonyl (C=O) groups excluding carboxylic acids is 1. The van der Waals surface area contributed by atoms with Crippen molar-refractivity contribution in [2.24, 2.45) is 0 Å². The zero-order valence-electron chi connectivity index (χ0n) is 20.2. The number of hydrogen-bond donors (Lipinski definition) is 2. The molecular formula is C26H30N6O2S. The Morgan fingerprint density at radius 3 is 2.71 bits per heavy atom. The van der Waals surface area contributed by atoms with Crippen molar-refractivity contribution in [1.29, 1.82) is 0 Å². The molecule has 8 nitrogen and oxygen atoms in total. The molecule has 0 radical (unpaired) electrons. The first-order valence-corrected chi connectivity index (χ1v) is 13.1. The summed E-state index contributed by atoms with van der Waals surface area (Å²) in [5.41, 5.74) is 5.21. The van der Waals surface area contributed by atoms with Gasteiger partial charge in [0, 0.05) is 61.6 Å². The van der Waals surface area contributed by atoms with Crippen LogP contribution in [0.5, 0.6) is 0 Å². The molecule has 2 N–H and O–H groups in total. The number of piperazine rings is 1. The van der Waals surface area contributed by atoms with Crippen molar-refractivity contribution in [3.8, 4) is 0 Å². The minimum atomic E-state index is -0.151. The van der Waals surface area contributed by atoms with Crippen LogP contribution in [0.2, 0.25) is 0 Å². The molecule has 1 saturated heterocycles. The molecular weight excluding hydrogens is 460 g/mol. The Morgan fingerprint density at radius 1 is 1.17 bits per heavy atom. The molecule has 3 aromatic heterocycles. The number of rotatable bonds is 6. The second kappa shape index (κ2) is 9.75. The summed E-state index contributed by atoms with van der Waals surface area (Å²) in [6.45, 7) is 8.40. The molecule has 1 aliphatic rings. The number of H-pyrrole nitrogens is 1. The number of anilines is 1. The Hall–Kier alpha value is -3.30. The van der Waals surface area contributed by atoms with Crippen molar-refractivity contribution < 1.29 is 4.79 Å². The number of carbonyl (C=O) groups is 1. The first-order chi connectivity index (χ1) is 16.9. The average molecular weight is 491 g/mol. The van der Waals surface area contributed by atoms with E-state index in [1.54, 1.807) is 22.4 Å². The largest absolute Gasteiger partial charge is 0.368 e. The van der Waals surface area contributed by atoms with Gasteiger partial charge >= 0.3 is 5.69 Å². The summed E-state index contributed by atoms with van der Waals surface area (Å²) in [5, 5.41) is 2.97. The second-order valence-corrected chi connectivity index (χ2v) is 10.1. The Labute approximate surface area is 208 Å². The summed E-state index contributed by atoms with van der Waals surface area (Å²) in [6.07, 6.45) is 5.71. The molecule has 0 saturated carbocycles. The van der Waals surface area contributed by atoms with E-state index >= 15 is 0 Å². The molecule has 5 rings (SSSR count). The van der Waals surface area contributed by atoms with Gasteiger partial charge in [0.15, 0.2) is 0 Å². The van der Waals surface area contributed by atoms with Gasteiger partial charge in [0.05, 0.1) is 16.7 Å². The fourth-order valence-electron chi connectivity index (χ4n) is 4.65. The third-order valence-corrected chi connectivity index (χ3v) is 7.14. The predicted molar refractivity (Wildman–Crippen MR) is 142 cm³/mol. The van der Waals surface area contributed by atoms with Gasteiger partial charge in [0.1, 0.15) is 5.52 Å². The van der Waals surface area contributed by atoms with Crippen molar-refractivity contribution in [3.05, 3.63) is 70.4 Å². The van der Waals surface area contributed by atoms with E-state index in [0.29, 0.717) is 5.56 Å². The summed E-state index contributed by atoms with van der Waals surface area (Å²) in [7, 11) is 0. The average Bonchev–Trinajstić information content (AvgIpc) is 3.35. The monoisotopic (exact) mass is 490 g/mol. The van der Waals surface area contributed by atoms with Gasteiger partial charge in [0.2, 0.25) is 0 Å². The summed E-state index contributed by atoms with van der Waals surface area (Å²) >= 11 is 1.67. The number of thioether (sulfide) groups is 1. The third kappa shape index (κ3) is 4.78. The lowest BCUT2D eigenvalue weighted by molar-refractivity contribution is 0.0943. The van der Waals surface area contributed by atoms with Crippen molar-refractivity contribution in [2.45, 2.75) is 31.3 Å². The van der Waals surface area contributed by atoms with Crippen LogP contribution in [0.1, 0.15) is 29.8 Å². The number of benzene rings is 1. The van der Waals surface area contributed by atoms with Crippen molar-refractivity contribution in [2.75, 3.05) is 37.3 Å². The van der Waals surface area contributed by atoms with Crippen LogP contribution in [-0.4, -0.2) is 63.7 Å². The molecule has 0 spiro atoms. The first kappa shape index (κ1) is 23.4. The lowest BCUT2D eigenvalue weighted by Gasteiger charge is -2.37. The molecule has 0 unspecified atom stereocenters. The summed E-state index contributed by atoms with van der Waals surface area (Å²) < 4.78 is 1.58. The van der Waals surface area contributed by atoms with Gasteiger partial charge in [-0.3, -0.25) is 19.1 Å². The maximum Gasteiger partial charge on any atom is 0.330 e. The van der Waals surface area contributed by atoms with Gasteiger partial charge in [-0.2, -0.15) is 0 Å². The Kier molecular flexibility index (Phi) is 6.53. The number of fused-ring (bicyclic) bond motifs is 3. The van der Waals surface area contributed by atoms with E-state index in [1.165, 1.54) is 5.69 Å². The number of nitrogens with zero attached hydrogens (tertiary/aromatic N) is 4. The van der Waals surface area contributed by atoms with Gasteiger partial charge in [-0.05, 0) is 62.1 Å². The Bertz CT molecular complexity index is 1440. The van der Waals surface area contributed by atoms with E-state index in [-0.39, 0.29) is 17.6 Å². The number of pyridine rings is 1. The lowest BCUT2D eigenvalue weighted by Crippen LogP contribution is -2.46. The molecule has 1 aliphatic heterocycles. The molecule has 4 heterocycles. The maximum absolute atomic E-state index is 12.4. The van der Waals surface area contributed by atoms with Crippen molar-refractivity contribution in [1.82, 2.24) is 24.6 Å². The highest BCUT2D eigenvalue weighted by molar-refractivity contribution is 7.98. The van der Waals surface area contributed by atoms with Crippen LogP contribution in [0.3, 0.4) is 0 Å². The molecule has 35 heavy (non-hydrogen) atoms. The second-order valence-electron chi connectivity index (χ2n) is 9.21. The summed E-state index contributed by atoms with van der Waals surface area (Å²) in [4.78, 5) is 38.3. The predicted octanol–water partition coefficient (Wildman–Crippen LogP) is 3.36. The molecule has 1 amide bonds. The molecule has 1 aromatic carbocycles. The van der Waals surface area contributed by atoms with Crippen molar-refractivity contribution >= 4 is 39.9 Å². The lowest BCUT2D eigenvalue weighted by atomic mass is 10.1. The number of nitrogens with one attached hydrogen (secondary N) is 2. The van der Waals surface area contributed by atoms with Crippen LogP contribution < -0.4 is 15.9 Å². The van der Waals surface area contributed by atoms with E-state index < -0.39 is 0 Å². The number of aromatic nitrogens is 3. The molecule has 0 bridgehead atoms. The van der Waals surface area contributed by atoms with E-state index in [2.05, 4.69) is 37.4 Å². The fraction of sp³-hybridized carbons (Fsp3) is 0.346. The zero-order chi connectivity index (χ0) is 24.5. The minimum Gasteiger partial charge on any atom is -0.368 e. The number of hydrogen-bond acceptors (Lipinski definition) is 6. The van der Waals surface area contributed by atoms with Crippen LogP contribution in [0, 0.1) is 0 Å². The standard InChI is InChI=1S/C26H30N6O2S/c1-17(2)28-25(33)19-6-7-21(23(14-19)35-3)31-11-9-30(10-12-31)16-18-13-20-24(27-15-18)22-5-4-8-32(22)26(34)29-20/h4-8,13-15,17H,9-12,16H2,1-3H3,(H,28,33)(H,29,34). The molecule has 1 fully saturated rings. The van der Waals surface area contributed by atoms with Crippen molar-refractivity contribution in [3.63, 3.8) is 0 Å². The fourth-order valence-corrected chi connectivity index (χ4v) is 5.30. The van der Waals surface area contributed by atoms with Gasteiger partial charge in [-0.25, -0.2) is 4.79 Å². The van der Waals surface area contributed by atoms with Crippen LogP contribution in [0.15, 0.2) is 58.5 Å². The number of aromatic amines is 1. The normalized spacial score (nSPS) is 14.8. The van der Waals surface area contributed by atoms with Crippen LogP contribution >= 0.6 is 11.8 Å². The highest BCUT2D eigenvalue weighted by Crippen LogP contribution is 2.31. The minimum absolute atomic E-state index is 0.0327. The van der Waals surface area contributed by atoms with Crippen LogP contribution in [-0.2, 0) is 6.54 Å². The van der Waals surface area contributed by atoms with Gasteiger partial charge < -0.3 is 15.2 Å². The van der Waals surface area contributed by atoms with Crippen LogP contribution in [0.25, 0.3) is 16.6 Å². The highest BCUT2D eigenvalue weighted by Gasteiger charge is 2.21. The van der Waals surface area contributed by atoms with Gasteiger partial charge in [0.25, 0.3) is 5.91 Å². The SMILES string of the molecule is CSc1cc(C(=O)NC(C)C)ccc1N1CCN(Cc2cnc3c(c2)[nH]c(=O)n2cccc32)CC1. The Balaban J connectivity index is 1.26. The first-order valence-electron chi connectivity index (χ1n) is 11.9. The number of amides is 1. The molecule has 4 aromatic rings. The van der Waals surface area contributed by atoms with E-state index in [4.69, 9.17) is 0 Å². The quantitative estimate of drug-likeness (QED) is 0.403. The molecule has 0 aliphatic carbocycles. The molecule has 182 valence electrons. The zero-order valence-corrected chi connectivity index (χ0v) is 21.1. The Morgan fingerprint density at radius 2 is 1.97 bits per heavy atom. The van der Waals surface area contributed by atoms with E-state index in [9.17, 15) is 9.59 Å². The van der Waals surface area contributed by atoms with E-state index in [1.807, 2.05) is 50.4 Å². The highest BCUT2D eigenvalue weighted by atomic mass is 32.2. The summed E-state index contributed by atoms with van der Waals surface area (Å²) in [6, 6.07) is 11.9. The van der Waals surface area contributed by atoms with Gasteiger partial charge in [-0.15, -0.1) is 11.8 Å². The third-order valence-electron chi connectivity index (χ3n) is 6.38. The van der Waals surface area contributed by atoms with Gasteiger partial charge in [-0.1, -0.05) is 0 Å².